The van der Waals surface area contributed by atoms with E-state index in [0.29, 0.717) is 13.1 Å². The fraction of sp³-hybridized carbons (Fsp3) is 0.222. The molecule has 1 aliphatic heterocycles. The van der Waals surface area contributed by atoms with Gasteiger partial charge in [-0.25, -0.2) is 0 Å². The summed E-state index contributed by atoms with van der Waals surface area (Å²) in [5.74, 6) is -0.175. The second-order valence-electron chi connectivity index (χ2n) is 5.34. The lowest BCUT2D eigenvalue weighted by molar-refractivity contribution is -0.126. The van der Waals surface area contributed by atoms with Crippen molar-refractivity contribution < 1.29 is 4.79 Å². The molecule has 1 saturated heterocycles. The van der Waals surface area contributed by atoms with Crippen molar-refractivity contribution in [1.82, 2.24) is 4.90 Å². The van der Waals surface area contributed by atoms with Crippen LogP contribution in [-0.2, 0) is 4.79 Å². The zero-order valence-electron chi connectivity index (χ0n) is 12.7. The van der Waals surface area contributed by atoms with Crippen LogP contribution in [0.1, 0.15) is 5.56 Å². The van der Waals surface area contributed by atoms with E-state index in [4.69, 9.17) is 0 Å². The number of hydrogen-bond acceptors (Lipinski definition) is 4. The highest BCUT2D eigenvalue weighted by molar-refractivity contribution is 7.08. The zero-order valence-corrected chi connectivity index (χ0v) is 13.5. The topological polar surface area (TPSA) is 47.3 Å². The Bertz CT molecular complexity index is 723. The van der Waals surface area contributed by atoms with Gasteiger partial charge in [0.1, 0.15) is 11.6 Å². The predicted octanol–water partition coefficient (Wildman–Crippen LogP) is 3.00. The Kier molecular flexibility index (Phi) is 4.74. The van der Waals surface area contributed by atoms with Crippen molar-refractivity contribution in [3.8, 4) is 6.07 Å². The normalized spacial score (nSPS) is 15.3. The number of piperazine rings is 1. The van der Waals surface area contributed by atoms with Gasteiger partial charge in [-0.3, -0.25) is 4.79 Å². The van der Waals surface area contributed by atoms with Crippen LogP contribution in [0.25, 0.3) is 6.08 Å². The fourth-order valence-corrected chi connectivity index (χ4v) is 3.26. The van der Waals surface area contributed by atoms with Gasteiger partial charge in [-0.05, 0) is 40.6 Å². The largest absolute Gasteiger partial charge is 0.368 e. The quantitative estimate of drug-likeness (QED) is 0.644. The summed E-state index contributed by atoms with van der Waals surface area (Å²) in [5.41, 5.74) is 2.29. The van der Waals surface area contributed by atoms with Crippen molar-refractivity contribution in [2.75, 3.05) is 31.1 Å². The molecule has 5 heteroatoms. The maximum atomic E-state index is 12.5. The van der Waals surface area contributed by atoms with Crippen LogP contribution in [0.4, 0.5) is 5.69 Å². The first-order valence-electron chi connectivity index (χ1n) is 7.51. The van der Waals surface area contributed by atoms with E-state index in [1.54, 1.807) is 22.3 Å². The molecule has 2 aromatic rings. The van der Waals surface area contributed by atoms with E-state index in [-0.39, 0.29) is 11.5 Å². The third-order valence-corrected chi connectivity index (χ3v) is 4.59. The van der Waals surface area contributed by atoms with E-state index in [1.165, 1.54) is 5.69 Å². The molecular weight excluding hydrogens is 306 g/mol. The van der Waals surface area contributed by atoms with Crippen LogP contribution in [0.2, 0.25) is 0 Å². The average molecular weight is 323 g/mol. The van der Waals surface area contributed by atoms with Crippen LogP contribution in [0.3, 0.4) is 0 Å². The molecule has 3 rings (SSSR count). The number of carbonyl (C=O) groups excluding carboxylic acids is 1. The molecule has 1 aromatic heterocycles. The lowest BCUT2D eigenvalue weighted by Gasteiger charge is -2.36. The van der Waals surface area contributed by atoms with Crippen molar-refractivity contribution in [3.05, 3.63) is 58.3 Å². The van der Waals surface area contributed by atoms with Gasteiger partial charge in [0.25, 0.3) is 5.91 Å². The Morgan fingerprint density at radius 2 is 1.87 bits per heavy atom. The number of para-hydroxylation sites is 1. The SMILES string of the molecule is N#C/C(=C/c1ccsc1)C(=O)N1CCN(c2ccccc2)CC1. The Morgan fingerprint density at radius 1 is 1.13 bits per heavy atom. The third-order valence-electron chi connectivity index (χ3n) is 3.89. The number of thiophene rings is 1. The summed E-state index contributed by atoms with van der Waals surface area (Å²) in [7, 11) is 0. The van der Waals surface area contributed by atoms with Gasteiger partial charge in [-0.2, -0.15) is 16.6 Å². The van der Waals surface area contributed by atoms with Crippen LogP contribution >= 0.6 is 11.3 Å². The van der Waals surface area contributed by atoms with E-state index in [2.05, 4.69) is 17.0 Å². The highest BCUT2D eigenvalue weighted by Crippen LogP contribution is 2.17. The van der Waals surface area contributed by atoms with Gasteiger partial charge < -0.3 is 9.80 Å². The van der Waals surface area contributed by atoms with Gasteiger partial charge >= 0.3 is 0 Å². The fourth-order valence-electron chi connectivity index (χ4n) is 2.64. The molecule has 0 atom stereocenters. The number of anilines is 1. The first-order chi connectivity index (χ1) is 11.3. The van der Waals surface area contributed by atoms with Gasteiger partial charge in [0.2, 0.25) is 0 Å². The maximum absolute atomic E-state index is 12.5. The molecule has 2 heterocycles. The Hall–Kier alpha value is -2.58. The van der Waals surface area contributed by atoms with Gasteiger partial charge in [-0.15, -0.1) is 0 Å². The summed E-state index contributed by atoms with van der Waals surface area (Å²) < 4.78 is 0. The van der Waals surface area contributed by atoms with E-state index < -0.39 is 0 Å². The van der Waals surface area contributed by atoms with Crippen molar-refractivity contribution in [1.29, 1.82) is 5.26 Å². The number of nitrogens with zero attached hydrogens (tertiary/aromatic N) is 3. The minimum Gasteiger partial charge on any atom is -0.368 e. The van der Waals surface area contributed by atoms with Gasteiger partial charge in [-0.1, -0.05) is 18.2 Å². The van der Waals surface area contributed by atoms with Crippen molar-refractivity contribution in [2.45, 2.75) is 0 Å². The second kappa shape index (κ2) is 7.12. The minimum atomic E-state index is -0.175. The standard InChI is InChI=1S/C18H17N3OS/c19-13-16(12-15-6-11-23-14-15)18(22)21-9-7-20(8-10-21)17-4-2-1-3-5-17/h1-6,11-12,14H,7-10H2/b16-12-. The molecule has 4 nitrogen and oxygen atoms in total. The van der Waals surface area contributed by atoms with Gasteiger partial charge in [0.05, 0.1) is 0 Å². The number of nitriles is 1. The second-order valence-corrected chi connectivity index (χ2v) is 6.12. The molecule has 116 valence electrons. The zero-order chi connectivity index (χ0) is 16.1. The van der Waals surface area contributed by atoms with Gasteiger partial charge in [0, 0.05) is 31.9 Å². The molecule has 0 spiro atoms. The highest BCUT2D eigenvalue weighted by atomic mass is 32.1. The molecule has 23 heavy (non-hydrogen) atoms. The molecule has 1 amide bonds. The van der Waals surface area contributed by atoms with E-state index in [1.807, 2.05) is 41.1 Å². The summed E-state index contributed by atoms with van der Waals surface area (Å²) in [6.45, 7) is 2.84. The lowest BCUT2D eigenvalue weighted by Crippen LogP contribution is -2.49. The van der Waals surface area contributed by atoms with E-state index in [9.17, 15) is 10.1 Å². The summed E-state index contributed by atoms with van der Waals surface area (Å²) in [4.78, 5) is 16.5. The van der Waals surface area contributed by atoms with Crippen LogP contribution in [0, 0.1) is 11.3 Å². The Labute approximate surface area is 139 Å². The summed E-state index contributed by atoms with van der Waals surface area (Å²) in [6.07, 6.45) is 1.67. The first-order valence-corrected chi connectivity index (χ1v) is 8.45. The molecule has 1 aromatic carbocycles. The molecule has 1 fully saturated rings. The van der Waals surface area contributed by atoms with E-state index in [0.717, 1.165) is 18.7 Å². The molecule has 0 N–H and O–H groups in total. The third kappa shape index (κ3) is 3.61. The highest BCUT2D eigenvalue weighted by Gasteiger charge is 2.23. The Balaban J connectivity index is 1.65. The monoisotopic (exact) mass is 323 g/mol. The summed E-state index contributed by atoms with van der Waals surface area (Å²) in [6, 6.07) is 14.1. The summed E-state index contributed by atoms with van der Waals surface area (Å²) >= 11 is 1.55. The molecule has 0 unspecified atom stereocenters. The van der Waals surface area contributed by atoms with Crippen molar-refractivity contribution >= 4 is 29.0 Å². The van der Waals surface area contributed by atoms with Crippen LogP contribution in [0.15, 0.2) is 52.7 Å². The molecule has 0 saturated carbocycles. The van der Waals surface area contributed by atoms with Crippen molar-refractivity contribution in [2.24, 2.45) is 0 Å². The number of amides is 1. The number of benzene rings is 1. The lowest BCUT2D eigenvalue weighted by atomic mass is 10.1. The van der Waals surface area contributed by atoms with Crippen LogP contribution < -0.4 is 4.90 Å². The predicted molar refractivity (Wildman–Crippen MR) is 93.1 cm³/mol. The molecule has 0 aliphatic carbocycles. The first kappa shape index (κ1) is 15.3. The number of carbonyl (C=O) groups is 1. The number of rotatable bonds is 3. The minimum absolute atomic E-state index is 0.175. The van der Waals surface area contributed by atoms with Crippen molar-refractivity contribution in [3.63, 3.8) is 0 Å². The smallest absolute Gasteiger partial charge is 0.264 e. The van der Waals surface area contributed by atoms with Crippen LogP contribution in [-0.4, -0.2) is 37.0 Å². The van der Waals surface area contributed by atoms with Crippen LogP contribution in [0.5, 0.6) is 0 Å². The van der Waals surface area contributed by atoms with Gasteiger partial charge in [0.15, 0.2) is 0 Å². The average Bonchev–Trinajstić information content (AvgIpc) is 3.13. The molecular formula is C18H17N3OS. The van der Waals surface area contributed by atoms with E-state index >= 15 is 0 Å². The molecule has 0 bridgehead atoms. The Morgan fingerprint density at radius 3 is 2.48 bits per heavy atom. The summed E-state index contributed by atoms with van der Waals surface area (Å²) in [5, 5.41) is 13.1. The maximum Gasteiger partial charge on any atom is 0.264 e. The number of hydrogen-bond donors (Lipinski definition) is 0. The molecule has 1 aliphatic rings. The molecule has 0 radical (unpaired) electrons.